The van der Waals surface area contributed by atoms with Crippen LogP contribution in [0.25, 0.3) is 0 Å². The zero-order chi connectivity index (χ0) is 18.1. The Labute approximate surface area is 148 Å². The lowest BCUT2D eigenvalue weighted by atomic mass is 10.1. The van der Waals surface area contributed by atoms with Crippen LogP contribution in [-0.2, 0) is 16.1 Å². The molecule has 25 heavy (non-hydrogen) atoms. The number of amides is 2. The minimum absolute atomic E-state index is 0.0384. The van der Waals surface area contributed by atoms with E-state index in [-0.39, 0.29) is 18.4 Å². The molecule has 0 saturated carbocycles. The fraction of sp³-hybridized carbons (Fsp3) is 0.300. The molecule has 2 amide bonds. The van der Waals surface area contributed by atoms with E-state index >= 15 is 0 Å². The third-order valence-electron chi connectivity index (χ3n) is 3.85. The molecule has 2 aromatic rings. The van der Waals surface area contributed by atoms with Gasteiger partial charge in [0.15, 0.2) is 0 Å². The average molecular weight is 340 g/mol. The Morgan fingerprint density at radius 1 is 1.04 bits per heavy atom. The number of hydrogen-bond donors (Lipinski definition) is 1. The maximum absolute atomic E-state index is 12.5. The van der Waals surface area contributed by atoms with Crippen LogP contribution in [0.4, 0.5) is 0 Å². The molecule has 0 atom stereocenters. The summed E-state index contributed by atoms with van der Waals surface area (Å²) in [6.45, 7) is 3.34. The normalized spacial score (nSPS) is 10.3. The highest BCUT2D eigenvalue weighted by Crippen LogP contribution is 2.06. The smallest absolute Gasteiger partial charge is 0.251 e. The minimum Gasteiger partial charge on any atom is -0.383 e. The molecule has 0 bridgehead atoms. The van der Waals surface area contributed by atoms with Crippen LogP contribution in [0.15, 0.2) is 54.6 Å². The molecule has 2 aromatic carbocycles. The molecule has 5 nitrogen and oxygen atoms in total. The van der Waals surface area contributed by atoms with E-state index in [0.717, 1.165) is 11.1 Å². The van der Waals surface area contributed by atoms with Gasteiger partial charge in [-0.15, -0.1) is 0 Å². The predicted octanol–water partition coefficient (Wildman–Crippen LogP) is 2.40. The summed E-state index contributed by atoms with van der Waals surface area (Å²) in [7, 11) is 1.60. The fourth-order valence-corrected chi connectivity index (χ4v) is 2.37. The largest absolute Gasteiger partial charge is 0.383 e. The second-order valence-corrected chi connectivity index (χ2v) is 5.84. The van der Waals surface area contributed by atoms with Gasteiger partial charge in [-0.05, 0) is 24.6 Å². The number of aryl methyl sites for hydroxylation is 1. The van der Waals surface area contributed by atoms with Crippen molar-refractivity contribution in [3.8, 4) is 0 Å². The summed E-state index contributed by atoms with van der Waals surface area (Å²) in [6, 6.07) is 17.0. The second-order valence-electron chi connectivity index (χ2n) is 5.84. The lowest BCUT2D eigenvalue weighted by Gasteiger charge is -2.22. The van der Waals surface area contributed by atoms with Gasteiger partial charge in [0, 0.05) is 25.8 Å². The number of rotatable bonds is 8. The van der Waals surface area contributed by atoms with Crippen LogP contribution >= 0.6 is 0 Å². The second kappa shape index (κ2) is 9.59. The number of ether oxygens (including phenoxy) is 1. The lowest BCUT2D eigenvalue weighted by molar-refractivity contribution is -0.131. The molecule has 1 N–H and O–H groups in total. The van der Waals surface area contributed by atoms with Crippen LogP contribution in [0.1, 0.15) is 21.5 Å². The van der Waals surface area contributed by atoms with Gasteiger partial charge in [-0.2, -0.15) is 0 Å². The summed E-state index contributed by atoms with van der Waals surface area (Å²) in [5.74, 6) is -0.388. The summed E-state index contributed by atoms with van der Waals surface area (Å²) >= 11 is 0. The van der Waals surface area contributed by atoms with Gasteiger partial charge >= 0.3 is 0 Å². The first-order chi connectivity index (χ1) is 12.1. The molecule has 0 aliphatic rings. The summed E-state index contributed by atoms with van der Waals surface area (Å²) in [5.41, 5.74) is 2.67. The van der Waals surface area contributed by atoms with E-state index in [9.17, 15) is 9.59 Å². The molecular formula is C20H24N2O3. The van der Waals surface area contributed by atoms with Gasteiger partial charge in [0.25, 0.3) is 5.91 Å². The van der Waals surface area contributed by atoms with Gasteiger partial charge in [-0.25, -0.2) is 0 Å². The molecule has 2 rings (SSSR count). The van der Waals surface area contributed by atoms with E-state index in [1.165, 1.54) is 0 Å². The SMILES string of the molecule is COCCN(Cc1ccccc1)C(=O)CNC(=O)c1ccc(C)cc1. The van der Waals surface area contributed by atoms with E-state index < -0.39 is 0 Å². The highest BCUT2D eigenvalue weighted by atomic mass is 16.5. The maximum atomic E-state index is 12.5. The molecule has 0 aliphatic heterocycles. The van der Waals surface area contributed by atoms with Crippen molar-refractivity contribution in [1.82, 2.24) is 10.2 Å². The molecule has 5 heteroatoms. The summed E-state index contributed by atoms with van der Waals surface area (Å²) in [6.07, 6.45) is 0. The number of benzene rings is 2. The first-order valence-electron chi connectivity index (χ1n) is 8.25. The number of methoxy groups -OCH3 is 1. The van der Waals surface area contributed by atoms with Crippen molar-refractivity contribution in [1.29, 1.82) is 0 Å². The van der Waals surface area contributed by atoms with Crippen molar-refractivity contribution in [2.45, 2.75) is 13.5 Å². The van der Waals surface area contributed by atoms with E-state index in [1.807, 2.05) is 49.4 Å². The van der Waals surface area contributed by atoms with Crippen LogP contribution in [0, 0.1) is 6.92 Å². The van der Waals surface area contributed by atoms with Crippen molar-refractivity contribution in [3.05, 3.63) is 71.3 Å². The molecule has 0 aromatic heterocycles. The van der Waals surface area contributed by atoms with Crippen molar-refractivity contribution >= 4 is 11.8 Å². The molecule has 0 unspecified atom stereocenters. The van der Waals surface area contributed by atoms with Gasteiger partial charge in [0.2, 0.25) is 5.91 Å². The lowest BCUT2D eigenvalue weighted by Crippen LogP contribution is -2.41. The minimum atomic E-state index is -0.250. The Bertz CT molecular complexity index is 684. The molecule has 0 radical (unpaired) electrons. The first kappa shape index (κ1) is 18.7. The van der Waals surface area contributed by atoms with Gasteiger partial charge in [0.1, 0.15) is 0 Å². The standard InChI is InChI=1S/C20H24N2O3/c1-16-8-10-18(11-9-16)20(24)21-14-19(23)22(12-13-25-2)15-17-6-4-3-5-7-17/h3-11H,12-15H2,1-2H3,(H,21,24). The van der Waals surface area contributed by atoms with E-state index in [0.29, 0.717) is 25.3 Å². The highest BCUT2D eigenvalue weighted by molar-refractivity contribution is 5.96. The quantitative estimate of drug-likeness (QED) is 0.803. The van der Waals surface area contributed by atoms with Gasteiger partial charge < -0.3 is 15.0 Å². The highest BCUT2D eigenvalue weighted by Gasteiger charge is 2.15. The topological polar surface area (TPSA) is 58.6 Å². The van der Waals surface area contributed by atoms with Crippen LogP contribution in [0.3, 0.4) is 0 Å². The van der Waals surface area contributed by atoms with Crippen LogP contribution in [0.2, 0.25) is 0 Å². The van der Waals surface area contributed by atoms with Gasteiger partial charge in [0.05, 0.1) is 13.2 Å². The third kappa shape index (κ3) is 6.04. The van der Waals surface area contributed by atoms with Crippen LogP contribution in [-0.4, -0.2) is 43.5 Å². The Balaban J connectivity index is 1.93. The summed E-state index contributed by atoms with van der Waals surface area (Å²) < 4.78 is 5.09. The number of carbonyl (C=O) groups is 2. The third-order valence-corrected chi connectivity index (χ3v) is 3.85. The zero-order valence-electron chi connectivity index (χ0n) is 14.7. The molecule has 0 spiro atoms. The van der Waals surface area contributed by atoms with E-state index in [1.54, 1.807) is 24.1 Å². The number of hydrogen-bond acceptors (Lipinski definition) is 3. The van der Waals surface area contributed by atoms with E-state index in [2.05, 4.69) is 5.32 Å². The molecule has 0 saturated heterocycles. The first-order valence-corrected chi connectivity index (χ1v) is 8.25. The summed E-state index contributed by atoms with van der Waals surface area (Å²) in [4.78, 5) is 26.3. The molecule has 0 aliphatic carbocycles. The average Bonchev–Trinajstić information content (AvgIpc) is 2.64. The number of nitrogens with one attached hydrogen (secondary N) is 1. The molecule has 0 fully saturated rings. The Hall–Kier alpha value is -2.66. The number of carbonyl (C=O) groups excluding carboxylic acids is 2. The van der Waals surface area contributed by atoms with Gasteiger partial charge in [-0.1, -0.05) is 48.0 Å². The fourth-order valence-electron chi connectivity index (χ4n) is 2.37. The molecule has 132 valence electrons. The summed E-state index contributed by atoms with van der Waals surface area (Å²) in [5, 5.41) is 2.69. The van der Waals surface area contributed by atoms with Crippen molar-refractivity contribution in [2.75, 3.05) is 26.8 Å². The monoisotopic (exact) mass is 340 g/mol. The van der Waals surface area contributed by atoms with Crippen LogP contribution in [0.5, 0.6) is 0 Å². The van der Waals surface area contributed by atoms with E-state index in [4.69, 9.17) is 4.74 Å². The van der Waals surface area contributed by atoms with Gasteiger partial charge in [-0.3, -0.25) is 9.59 Å². The molecule has 0 heterocycles. The Morgan fingerprint density at radius 3 is 2.36 bits per heavy atom. The van der Waals surface area contributed by atoms with Crippen molar-refractivity contribution in [2.24, 2.45) is 0 Å². The van der Waals surface area contributed by atoms with Crippen LogP contribution < -0.4 is 5.32 Å². The molecular weight excluding hydrogens is 316 g/mol. The predicted molar refractivity (Wildman–Crippen MR) is 97.2 cm³/mol. The maximum Gasteiger partial charge on any atom is 0.251 e. The number of nitrogens with zero attached hydrogens (tertiary/aromatic N) is 1. The van der Waals surface area contributed by atoms with Crippen molar-refractivity contribution < 1.29 is 14.3 Å². The van der Waals surface area contributed by atoms with Crippen molar-refractivity contribution in [3.63, 3.8) is 0 Å². The Morgan fingerprint density at radius 2 is 1.72 bits per heavy atom. The zero-order valence-corrected chi connectivity index (χ0v) is 14.7. The Kier molecular flexibility index (Phi) is 7.16.